The normalized spacial score (nSPS) is 35.4. The van der Waals surface area contributed by atoms with Gasteiger partial charge in [0.25, 0.3) is 0 Å². The first kappa shape index (κ1) is 17.7. The predicted octanol–water partition coefficient (Wildman–Crippen LogP) is 4.73. The molecule has 3 nitrogen and oxygen atoms in total. The van der Waals surface area contributed by atoms with Gasteiger partial charge in [-0.05, 0) is 73.5 Å². The lowest BCUT2D eigenvalue weighted by Crippen LogP contribution is -2.55. The zero-order chi connectivity index (χ0) is 18.6. The molecule has 0 saturated heterocycles. The second-order valence-electron chi connectivity index (χ2n) is 8.93. The van der Waals surface area contributed by atoms with Crippen molar-refractivity contribution < 1.29 is 23.0 Å². The molecule has 0 N–H and O–H groups in total. The Labute approximate surface area is 153 Å². The van der Waals surface area contributed by atoms with Gasteiger partial charge in [-0.2, -0.15) is 8.78 Å². The standard InChI is InChI=1S/C21H26F2O3/c1-19(22,23)18(24)26-13-20-8-14-7-15(9-20)11-21(10-14,12-20)16-3-5-17(25-2)6-4-16/h3-6,14-15H,7-13H2,1-2H3. The van der Waals surface area contributed by atoms with Gasteiger partial charge in [0, 0.05) is 12.3 Å². The summed E-state index contributed by atoms with van der Waals surface area (Å²) in [5.41, 5.74) is 1.24. The minimum atomic E-state index is -3.42. The van der Waals surface area contributed by atoms with Crippen LogP contribution in [0.5, 0.6) is 5.75 Å². The lowest BCUT2D eigenvalue weighted by Gasteiger charge is -2.62. The monoisotopic (exact) mass is 364 g/mol. The average Bonchev–Trinajstić information content (AvgIpc) is 2.58. The molecule has 5 heteroatoms. The summed E-state index contributed by atoms with van der Waals surface area (Å²) < 4.78 is 36.8. The van der Waals surface area contributed by atoms with E-state index in [1.54, 1.807) is 7.11 Å². The highest BCUT2D eigenvalue weighted by atomic mass is 19.3. The van der Waals surface area contributed by atoms with Gasteiger partial charge in [0.05, 0.1) is 13.7 Å². The molecule has 142 valence electrons. The van der Waals surface area contributed by atoms with Crippen molar-refractivity contribution >= 4 is 5.97 Å². The number of benzene rings is 1. The third-order valence-electron chi connectivity index (χ3n) is 6.75. The third-order valence-corrected chi connectivity index (χ3v) is 6.75. The van der Waals surface area contributed by atoms with E-state index < -0.39 is 11.9 Å². The molecule has 4 aliphatic carbocycles. The predicted molar refractivity (Wildman–Crippen MR) is 93.4 cm³/mol. The van der Waals surface area contributed by atoms with E-state index in [1.165, 1.54) is 12.0 Å². The number of esters is 1. The molecule has 5 rings (SSSR count). The van der Waals surface area contributed by atoms with E-state index in [-0.39, 0.29) is 17.4 Å². The summed E-state index contributed by atoms with van der Waals surface area (Å²) in [6.45, 7) is 0.730. The fraction of sp³-hybridized carbons (Fsp3) is 0.667. The Morgan fingerprint density at radius 2 is 1.77 bits per heavy atom. The maximum atomic E-state index is 13.2. The number of carbonyl (C=O) groups excluding carboxylic acids is 1. The molecule has 2 unspecified atom stereocenters. The van der Waals surface area contributed by atoms with Crippen molar-refractivity contribution in [3.8, 4) is 5.75 Å². The molecule has 0 spiro atoms. The number of halogens is 2. The molecule has 1 aromatic carbocycles. The Kier molecular flexibility index (Phi) is 4.05. The summed E-state index contributed by atoms with van der Waals surface area (Å²) in [6.07, 6.45) is 6.41. The number of rotatable bonds is 5. The van der Waals surface area contributed by atoms with E-state index >= 15 is 0 Å². The number of carbonyl (C=O) groups is 1. The topological polar surface area (TPSA) is 35.5 Å². The molecular weight excluding hydrogens is 338 g/mol. The van der Waals surface area contributed by atoms with Gasteiger partial charge in [-0.1, -0.05) is 12.1 Å². The number of alkyl halides is 2. The van der Waals surface area contributed by atoms with Gasteiger partial charge < -0.3 is 9.47 Å². The minimum Gasteiger partial charge on any atom is -0.497 e. The van der Waals surface area contributed by atoms with Crippen LogP contribution in [-0.2, 0) is 14.9 Å². The number of methoxy groups -OCH3 is 1. The third kappa shape index (κ3) is 2.99. The lowest BCUT2D eigenvalue weighted by atomic mass is 9.43. The van der Waals surface area contributed by atoms with E-state index in [4.69, 9.17) is 9.47 Å². The molecule has 4 saturated carbocycles. The fourth-order valence-corrected chi connectivity index (χ4v) is 6.25. The van der Waals surface area contributed by atoms with Crippen LogP contribution in [0.25, 0.3) is 0 Å². The first-order valence-corrected chi connectivity index (χ1v) is 9.43. The van der Waals surface area contributed by atoms with Gasteiger partial charge >= 0.3 is 11.9 Å². The van der Waals surface area contributed by atoms with E-state index in [1.807, 2.05) is 12.1 Å². The second kappa shape index (κ2) is 5.93. The van der Waals surface area contributed by atoms with Crippen LogP contribution in [0.3, 0.4) is 0 Å². The van der Waals surface area contributed by atoms with Crippen LogP contribution in [0.15, 0.2) is 24.3 Å². The van der Waals surface area contributed by atoms with Gasteiger partial charge in [-0.15, -0.1) is 0 Å². The molecule has 4 fully saturated rings. The largest absolute Gasteiger partial charge is 0.497 e. The summed E-state index contributed by atoms with van der Waals surface area (Å²) in [5, 5.41) is 0. The van der Waals surface area contributed by atoms with Crippen LogP contribution < -0.4 is 4.74 Å². The Balaban J connectivity index is 1.58. The summed E-state index contributed by atoms with van der Waals surface area (Å²) in [7, 11) is 1.66. The van der Waals surface area contributed by atoms with Crippen LogP contribution in [0.4, 0.5) is 8.78 Å². The summed E-state index contributed by atoms with van der Waals surface area (Å²) >= 11 is 0. The zero-order valence-corrected chi connectivity index (χ0v) is 15.4. The van der Waals surface area contributed by atoms with Gasteiger partial charge in [-0.3, -0.25) is 0 Å². The smallest absolute Gasteiger partial charge is 0.376 e. The van der Waals surface area contributed by atoms with E-state index in [9.17, 15) is 13.6 Å². The molecule has 26 heavy (non-hydrogen) atoms. The van der Waals surface area contributed by atoms with Crippen molar-refractivity contribution in [1.82, 2.24) is 0 Å². The van der Waals surface area contributed by atoms with Crippen molar-refractivity contribution in [2.24, 2.45) is 17.3 Å². The second-order valence-corrected chi connectivity index (χ2v) is 8.93. The maximum Gasteiger partial charge on any atom is 0.376 e. The van der Waals surface area contributed by atoms with Crippen molar-refractivity contribution in [3.05, 3.63) is 29.8 Å². The molecule has 0 aromatic heterocycles. The highest BCUT2D eigenvalue weighted by molar-refractivity contribution is 5.76. The molecular formula is C21H26F2O3. The van der Waals surface area contributed by atoms with Gasteiger partial charge in [0.15, 0.2) is 0 Å². The average molecular weight is 364 g/mol. The maximum absolute atomic E-state index is 13.2. The van der Waals surface area contributed by atoms with Crippen molar-refractivity contribution in [2.75, 3.05) is 13.7 Å². The summed E-state index contributed by atoms with van der Waals surface area (Å²) in [5.74, 6) is -2.78. The fourth-order valence-electron chi connectivity index (χ4n) is 6.25. The van der Waals surface area contributed by atoms with Gasteiger partial charge in [-0.25, -0.2) is 4.79 Å². The van der Waals surface area contributed by atoms with Crippen LogP contribution >= 0.6 is 0 Å². The molecule has 4 bridgehead atoms. The SMILES string of the molecule is COc1ccc(C23CC4CC(CC(COC(=O)C(C)(F)F)(C4)C2)C3)cc1. The zero-order valence-electron chi connectivity index (χ0n) is 15.4. The first-order chi connectivity index (χ1) is 12.2. The van der Waals surface area contributed by atoms with Crippen LogP contribution in [0.1, 0.15) is 51.0 Å². The molecule has 0 aliphatic heterocycles. The summed E-state index contributed by atoms with van der Waals surface area (Å²) in [4.78, 5) is 11.6. The van der Waals surface area contributed by atoms with Gasteiger partial charge in [0.1, 0.15) is 5.75 Å². The van der Waals surface area contributed by atoms with Crippen molar-refractivity contribution in [1.29, 1.82) is 0 Å². The van der Waals surface area contributed by atoms with E-state index in [2.05, 4.69) is 12.1 Å². The quantitative estimate of drug-likeness (QED) is 0.709. The Hall–Kier alpha value is -1.65. The molecule has 0 amide bonds. The Morgan fingerprint density at radius 3 is 2.31 bits per heavy atom. The molecule has 0 radical (unpaired) electrons. The van der Waals surface area contributed by atoms with Crippen molar-refractivity contribution in [3.63, 3.8) is 0 Å². The lowest BCUT2D eigenvalue weighted by molar-refractivity contribution is -0.180. The summed E-state index contributed by atoms with van der Waals surface area (Å²) in [6, 6.07) is 8.29. The van der Waals surface area contributed by atoms with Crippen molar-refractivity contribution in [2.45, 2.75) is 56.8 Å². The first-order valence-electron chi connectivity index (χ1n) is 9.43. The minimum absolute atomic E-state index is 0.0808. The van der Waals surface area contributed by atoms with Gasteiger partial charge in [0.2, 0.25) is 0 Å². The molecule has 2 atom stereocenters. The highest BCUT2D eigenvalue weighted by Gasteiger charge is 2.58. The van der Waals surface area contributed by atoms with Crippen LogP contribution in [0, 0.1) is 17.3 Å². The molecule has 0 heterocycles. The van der Waals surface area contributed by atoms with Crippen LogP contribution in [-0.4, -0.2) is 25.6 Å². The Bertz CT molecular complexity index is 678. The number of hydrogen-bond acceptors (Lipinski definition) is 3. The Morgan fingerprint density at radius 1 is 1.15 bits per heavy atom. The number of hydrogen-bond donors (Lipinski definition) is 0. The molecule has 4 aliphatic rings. The highest BCUT2D eigenvalue weighted by Crippen LogP contribution is 2.65. The molecule has 1 aromatic rings. The van der Waals surface area contributed by atoms with Crippen LogP contribution in [0.2, 0.25) is 0 Å². The van der Waals surface area contributed by atoms with E-state index in [0.29, 0.717) is 18.8 Å². The van der Waals surface area contributed by atoms with E-state index in [0.717, 1.165) is 37.9 Å². The number of ether oxygens (including phenoxy) is 2.